The molecule has 0 atom stereocenters. The van der Waals surface area contributed by atoms with Crippen LogP contribution in [-0.2, 0) is 7.05 Å². The Morgan fingerprint density at radius 1 is 1.26 bits per heavy atom. The lowest BCUT2D eigenvalue weighted by Crippen LogP contribution is -2.42. The monoisotopic (exact) mass is 322 g/mol. The van der Waals surface area contributed by atoms with E-state index in [1.165, 1.54) is 6.20 Å². The Balaban J connectivity index is 1.98. The molecule has 2 heterocycles. The van der Waals surface area contributed by atoms with Crippen LogP contribution in [0.25, 0.3) is 0 Å². The van der Waals surface area contributed by atoms with Gasteiger partial charge in [0.15, 0.2) is 0 Å². The van der Waals surface area contributed by atoms with Crippen LogP contribution < -0.4 is 10.9 Å². The largest absolute Gasteiger partial charge is 0.347 e. The minimum absolute atomic E-state index is 0.349. The van der Waals surface area contributed by atoms with Crippen LogP contribution in [0, 0.1) is 0 Å². The summed E-state index contributed by atoms with van der Waals surface area (Å²) in [6, 6.07) is 5.01. The van der Waals surface area contributed by atoms with Crippen molar-refractivity contribution in [3.8, 4) is 0 Å². The number of carbonyl (C=O) groups is 2. The predicted molar refractivity (Wildman–Crippen MR) is 72.3 cm³/mol. The molecule has 0 bridgehead atoms. The number of hydrogen-bond acceptors (Lipinski definition) is 3. The minimum Gasteiger partial charge on any atom is -0.347 e. The van der Waals surface area contributed by atoms with Gasteiger partial charge in [-0.2, -0.15) is 0 Å². The standard InChI is InChI=1S/C12H11BrN4O2/c1-17-4-2-3-10(17)12(19)16-15-11(18)8-5-9(13)7-14-6-8/h2-7H,1H3,(H,15,18)(H,16,19). The molecule has 0 radical (unpaired) electrons. The van der Waals surface area contributed by atoms with Gasteiger partial charge in [-0.1, -0.05) is 0 Å². The first-order valence-electron chi connectivity index (χ1n) is 5.40. The molecule has 0 saturated carbocycles. The van der Waals surface area contributed by atoms with E-state index in [2.05, 4.69) is 31.8 Å². The van der Waals surface area contributed by atoms with Gasteiger partial charge in [0.25, 0.3) is 11.8 Å². The number of halogens is 1. The summed E-state index contributed by atoms with van der Waals surface area (Å²) in [5.74, 6) is -0.819. The van der Waals surface area contributed by atoms with Gasteiger partial charge in [-0.3, -0.25) is 25.4 Å². The Hall–Kier alpha value is -2.15. The lowest BCUT2D eigenvalue weighted by molar-refractivity contribution is 0.0842. The van der Waals surface area contributed by atoms with Gasteiger partial charge in [0.05, 0.1) is 5.56 Å². The van der Waals surface area contributed by atoms with E-state index in [4.69, 9.17) is 0 Å². The molecule has 2 amide bonds. The summed E-state index contributed by atoms with van der Waals surface area (Å²) in [4.78, 5) is 27.4. The van der Waals surface area contributed by atoms with Gasteiger partial charge in [0, 0.05) is 30.1 Å². The van der Waals surface area contributed by atoms with E-state index < -0.39 is 5.91 Å². The number of amides is 2. The van der Waals surface area contributed by atoms with Gasteiger partial charge < -0.3 is 4.57 Å². The molecule has 0 saturated heterocycles. The number of nitrogens with zero attached hydrogens (tertiary/aromatic N) is 2. The minimum atomic E-state index is -0.434. The van der Waals surface area contributed by atoms with E-state index in [0.717, 1.165) is 0 Å². The molecule has 2 aromatic rings. The second-order valence-corrected chi connectivity index (χ2v) is 4.72. The van der Waals surface area contributed by atoms with E-state index in [9.17, 15) is 9.59 Å². The summed E-state index contributed by atoms with van der Waals surface area (Å²) >= 11 is 3.22. The number of hydrogen-bond donors (Lipinski definition) is 2. The molecular formula is C12H11BrN4O2. The Kier molecular flexibility index (Phi) is 3.96. The highest BCUT2D eigenvalue weighted by atomic mass is 79.9. The van der Waals surface area contributed by atoms with E-state index in [-0.39, 0.29) is 5.91 Å². The fourth-order valence-electron chi connectivity index (χ4n) is 1.48. The maximum atomic E-state index is 11.8. The molecule has 0 aliphatic heterocycles. The molecule has 19 heavy (non-hydrogen) atoms. The third-order valence-electron chi connectivity index (χ3n) is 2.43. The Morgan fingerprint density at radius 2 is 2.00 bits per heavy atom. The zero-order valence-electron chi connectivity index (χ0n) is 10.1. The van der Waals surface area contributed by atoms with Gasteiger partial charge >= 0.3 is 0 Å². The molecule has 0 aliphatic rings. The molecule has 2 aromatic heterocycles. The molecule has 0 spiro atoms. The van der Waals surface area contributed by atoms with Crippen molar-refractivity contribution in [2.75, 3.05) is 0 Å². The first kappa shape index (κ1) is 13.3. The van der Waals surface area contributed by atoms with Gasteiger partial charge in [0.1, 0.15) is 5.69 Å². The zero-order chi connectivity index (χ0) is 13.8. The fraction of sp³-hybridized carbons (Fsp3) is 0.0833. The number of carbonyl (C=O) groups excluding carboxylic acids is 2. The lowest BCUT2D eigenvalue weighted by atomic mass is 10.3. The van der Waals surface area contributed by atoms with Crippen LogP contribution in [0.4, 0.5) is 0 Å². The predicted octanol–water partition coefficient (Wildman–Crippen LogP) is 1.26. The number of aryl methyl sites for hydroxylation is 1. The van der Waals surface area contributed by atoms with Crippen molar-refractivity contribution in [3.05, 3.63) is 52.5 Å². The van der Waals surface area contributed by atoms with E-state index in [1.807, 2.05) is 0 Å². The van der Waals surface area contributed by atoms with Crippen LogP contribution >= 0.6 is 15.9 Å². The molecule has 7 heteroatoms. The fourth-order valence-corrected chi connectivity index (χ4v) is 1.85. The first-order chi connectivity index (χ1) is 9.08. The topological polar surface area (TPSA) is 76.0 Å². The average molecular weight is 323 g/mol. The molecule has 2 N–H and O–H groups in total. The van der Waals surface area contributed by atoms with E-state index in [1.54, 1.807) is 42.2 Å². The molecule has 2 rings (SSSR count). The molecule has 0 fully saturated rings. The van der Waals surface area contributed by atoms with Gasteiger partial charge in [0.2, 0.25) is 0 Å². The van der Waals surface area contributed by atoms with E-state index >= 15 is 0 Å². The van der Waals surface area contributed by atoms with Gasteiger partial charge in [-0.15, -0.1) is 0 Å². The first-order valence-corrected chi connectivity index (χ1v) is 6.20. The number of nitrogens with one attached hydrogen (secondary N) is 2. The van der Waals surface area contributed by atoms with Crippen LogP contribution in [0.1, 0.15) is 20.8 Å². The summed E-state index contributed by atoms with van der Waals surface area (Å²) in [6.45, 7) is 0. The highest BCUT2D eigenvalue weighted by Gasteiger charge is 2.11. The molecule has 98 valence electrons. The Labute approximate surface area is 117 Å². The Morgan fingerprint density at radius 3 is 2.63 bits per heavy atom. The summed E-state index contributed by atoms with van der Waals surface area (Å²) in [6.07, 6.45) is 4.73. The van der Waals surface area contributed by atoms with Gasteiger partial charge in [-0.25, -0.2) is 0 Å². The number of hydrazine groups is 1. The SMILES string of the molecule is Cn1cccc1C(=O)NNC(=O)c1cncc(Br)c1. The third kappa shape index (κ3) is 3.19. The maximum absolute atomic E-state index is 11.8. The van der Waals surface area contributed by atoms with Crippen molar-refractivity contribution in [2.24, 2.45) is 7.05 Å². The van der Waals surface area contributed by atoms with Crippen LogP contribution in [0.5, 0.6) is 0 Å². The van der Waals surface area contributed by atoms with Crippen LogP contribution in [0.2, 0.25) is 0 Å². The van der Waals surface area contributed by atoms with Crippen molar-refractivity contribution < 1.29 is 9.59 Å². The van der Waals surface area contributed by atoms with Crippen molar-refractivity contribution in [3.63, 3.8) is 0 Å². The Bertz CT molecular complexity index is 624. The molecular weight excluding hydrogens is 312 g/mol. The zero-order valence-corrected chi connectivity index (χ0v) is 11.6. The van der Waals surface area contributed by atoms with Crippen molar-refractivity contribution in [1.82, 2.24) is 20.4 Å². The van der Waals surface area contributed by atoms with Crippen molar-refractivity contribution in [1.29, 1.82) is 0 Å². The number of aromatic nitrogens is 2. The third-order valence-corrected chi connectivity index (χ3v) is 2.87. The molecule has 0 unspecified atom stereocenters. The highest BCUT2D eigenvalue weighted by Crippen LogP contribution is 2.09. The molecule has 0 aliphatic carbocycles. The number of rotatable bonds is 2. The van der Waals surface area contributed by atoms with Crippen molar-refractivity contribution >= 4 is 27.7 Å². The average Bonchev–Trinajstić information content (AvgIpc) is 2.82. The quantitative estimate of drug-likeness (QED) is 0.817. The van der Waals surface area contributed by atoms with Gasteiger partial charge in [-0.05, 0) is 34.1 Å². The highest BCUT2D eigenvalue weighted by molar-refractivity contribution is 9.10. The summed E-state index contributed by atoms with van der Waals surface area (Å²) in [7, 11) is 1.75. The molecule has 0 aromatic carbocycles. The summed E-state index contributed by atoms with van der Waals surface area (Å²) < 4.78 is 2.34. The second kappa shape index (κ2) is 5.66. The maximum Gasteiger partial charge on any atom is 0.286 e. The van der Waals surface area contributed by atoms with E-state index in [0.29, 0.717) is 15.7 Å². The smallest absolute Gasteiger partial charge is 0.286 e. The number of pyridine rings is 1. The van der Waals surface area contributed by atoms with Crippen LogP contribution in [0.15, 0.2) is 41.3 Å². The lowest BCUT2D eigenvalue weighted by Gasteiger charge is -2.07. The summed E-state index contributed by atoms with van der Waals surface area (Å²) in [5, 5.41) is 0. The summed E-state index contributed by atoms with van der Waals surface area (Å²) in [5.41, 5.74) is 5.47. The normalized spacial score (nSPS) is 10.0. The second-order valence-electron chi connectivity index (χ2n) is 3.80. The van der Waals surface area contributed by atoms with Crippen LogP contribution in [-0.4, -0.2) is 21.4 Å². The molecule has 6 nitrogen and oxygen atoms in total. The van der Waals surface area contributed by atoms with Crippen molar-refractivity contribution in [2.45, 2.75) is 0 Å². The van der Waals surface area contributed by atoms with Crippen LogP contribution in [0.3, 0.4) is 0 Å².